The van der Waals surface area contributed by atoms with E-state index >= 15 is 0 Å². The summed E-state index contributed by atoms with van der Waals surface area (Å²) in [6.07, 6.45) is -1.34. The summed E-state index contributed by atoms with van der Waals surface area (Å²) in [6.45, 7) is 1.60. The summed E-state index contributed by atoms with van der Waals surface area (Å²) in [5, 5.41) is 29.3. The van der Waals surface area contributed by atoms with Gasteiger partial charge in [-0.25, -0.2) is 0 Å². The molecule has 4 N–H and O–H groups in total. The Morgan fingerprint density at radius 2 is 1.07 bits per heavy atom. The highest BCUT2D eigenvalue weighted by molar-refractivity contribution is 5.93. The maximum atomic E-state index is 12.8. The molecule has 0 saturated heterocycles. The molecule has 0 radical (unpaired) electrons. The van der Waals surface area contributed by atoms with Crippen molar-refractivity contribution in [3.63, 3.8) is 0 Å². The Labute approximate surface area is 175 Å². The molecule has 0 bridgehead atoms. The number of carboxylic acids is 3. The molecule has 0 amide bonds. The fraction of sp³-hybridized carbons (Fsp3) is 0.700. The van der Waals surface area contributed by atoms with E-state index in [4.69, 9.17) is 15.3 Å². The molecule has 0 fully saturated rings. The zero-order valence-corrected chi connectivity index (χ0v) is 17.4. The van der Waals surface area contributed by atoms with Gasteiger partial charge in [0.05, 0.1) is 6.04 Å². The van der Waals surface area contributed by atoms with Gasteiger partial charge in [0, 0.05) is 50.4 Å². The van der Waals surface area contributed by atoms with E-state index in [1.54, 1.807) is 6.92 Å². The highest BCUT2D eigenvalue weighted by Crippen LogP contribution is 2.23. The van der Waals surface area contributed by atoms with Gasteiger partial charge in [-0.15, -0.1) is 0 Å². The van der Waals surface area contributed by atoms with Gasteiger partial charge < -0.3 is 20.6 Å². The highest BCUT2D eigenvalue weighted by Gasteiger charge is 2.30. The molecule has 0 aromatic carbocycles. The molecule has 10 nitrogen and oxygen atoms in total. The van der Waals surface area contributed by atoms with E-state index in [0.29, 0.717) is 0 Å². The molecule has 0 spiro atoms. The molecular formula is C20H31NO9. The number of hydrogen-bond donors (Lipinski definition) is 4. The SMILES string of the molecule is CCC(=O)C(CCC(=O)O)CC(=O)C(CCC(=O)O)CC(=O)C(CCC(=O)O)NC. The molecule has 30 heavy (non-hydrogen) atoms. The molecule has 0 aromatic rings. The van der Waals surface area contributed by atoms with Crippen molar-refractivity contribution in [3.8, 4) is 0 Å². The predicted molar refractivity (Wildman–Crippen MR) is 105 cm³/mol. The summed E-state index contributed by atoms with van der Waals surface area (Å²) < 4.78 is 0. The maximum absolute atomic E-state index is 12.8. The summed E-state index contributed by atoms with van der Waals surface area (Å²) in [7, 11) is 1.49. The van der Waals surface area contributed by atoms with Gasteiger partial charge in [0.1, 0.15) is 17.3 Å². The number of nitrogens with one attached hydrogen (secondary N) is 1. The number of ketones is 3. The van der Waals surface area contributed by atoms with Crippen LogP contribution in [-0.4, -0.2) is 63.7 Å². The Morgan fingerprint density at radius 3 is 1.47 bits per heavy atom. The normalized spacial score (nSPS) is 13.8. The number of carboxylic acid groups (broad SMARTS) is 3. The zero-order chi connectivity index (χ0) is 23.3. The third kappa shape index (κ3) is 11.4. The minimum Gasteiger partial charge on any atom is -0.481 e. The van der Waals surface area contributed by atoms with Crippen molar-refractivity contribution in [2.45, 2.75) is 70.8 Å². The monoisotopic (exact) mass is 429 g/mol. The van der Waals surface area contributed by atoms with Crippen LogP contribution in [0.5, 0.6) is 0 Å². The molecule has 0 aliphatic rings. The number of carbonyl (C=O) groups excluding carboxylic acids is 3. The third-order valence-electron chi connectivity index (χ3n) is 4.95. The summed E-state index contributed by atoms with van der Waals surface area (Å²) in [5.74, 6) is -6.17. The highest BCUT2D eigenvalue weighted by atomic mass is 16.4. The van der Waals surface area contributed by atoms with E-state index in [-0.39, 0.29) is 63.6 Å². The Balaban J connectivity index is 5.30. The van der Waals surface area contributed by atoms with Crippen LogP contribution in [0.4, 0.5) is 0 Å². The molecule has 3 atom stereocenters. The molecule has 0 aliphatic carbocycles. The lowest BCUT2D eigenvalue weighted by atomic mass is 9.83. The molecule has 10 heteroatoms. The van der Waals surface area contributed by atoms with Crippen LogP contribution in [0.3, 0.4) is 0 Å². The fourth-order valence-electron chi connectivity index (χ4n) is 3.17. The minimum atomic E-state index is -1.14. The quantitative estimate of drug-likeness (QED) is 0.248. The largest absolute Gasteiger partial charge is 0.481 e. The van der Waals surface area contributed by atoms with E-state index in [2.05, 4.69) is 5.32 Å². The topological polar surface area (TPSA) is 175 Å². The molecule has 170 valence electrons. The summed E-state index contributed by atoms with van der Waals surface area (Å²) in [6, 6.07) is -0.790. The van der Waals surface area contributed by atoms with Crippen LogP contribution in [-0.2, 0) is 28.8 Å². The van der Waals surface area contributed by atoms with Crippen molar-refractivity contribution >= 4 is 35.3 Å². The number of likely N-dealkylation sites (N-methyl/N-ethyl adjacent to an activating group) is 1. The van der Waals surface area contributed by atoms with Crippen LogP contribution in [0.1, 0.15) is 64.7 Å². The lowest BCUT2D eigenvalue weighted by Gasteiger charge is -2.21. The lowest BCUT2D eigenvalue weighted by Crippen LogP contribution is -2.37. The summed E-state index contributed by atoms with van der Waals surface area (Å²) in [4.78, 5) is 69.9. The molecule has 0 heterocycles. The van der Waals surface area contributed by atoms with Gasteiger partial charge in [0.2, 0.25) is 0 Å². The van der Waals surface area contributed by atoms with Crippen molar-refractivity contribution in [1.82, 2.24) is 5.32 Å². The van der Waals surface area contributed by atoms with Gasteiger partial charge in [0.15, 0.2) is 0 Å². The van der Waals surface area contributed by atoms with Gasteiger partial charge in [-0.2, -0.15) is 0 Å². The number of carbonyl (C=O) groups is 6. The number of rotatable bonds is 18. The average Bonchev–Trinajstić information content (AvgIpc) is 2.67. The average molecular weight is 429 g/mol. The standard InChI is InChI=1S/C20H31NO9/c1-3-15(22)12(4-7-18(25)26)10-16(23)13(5-8-19(27)28)11-17(24)14(21-2)6-9-20(29)30/h12-14,21H,3-11H2,1-2H3,(H,25,26)(H,27,28)(H,29,30). The Morgan fingerprint density at radius 1 is 0.667 bits per heavy atom. The van der Waals surface area contributed by atoms with E-state index in [1.807, 2.05) is 0 Å². The number of aliphatic carboxylic acids is 3. The molecule has 3 unspecified atom stereocenters. The van der Waals surface area contributed by atoms with Crippen LogP contribution >= 0.6 is 0 Å². The first-order chi connectivity index (χ1) is 14.0. The van der Waals surface area contributed by atoms with E-state index in [0.717, 1.165) is 0 Å². The van der Waals surface area contributed by atoms with Crippen molar-refractivity contribution in [2.75, 3.05) is 7.05 Å². The van der Waals surface area contributed by atoms with Gasteiger partial charge in [0.25, 0.3) is 0 Å². The minimum absolute atomic E-state index is 0.00883. The summed E-state index contributed by atoms with van der Waals surface area (Å²) in [5.41, 5.74) is 0. The predicted octanol–water partition coefficient (Wildman–Crippen LogP) is 1.30. The molecule has 0 aromatic heterocycles. The van der Waals surface area contributed by atoms with E-state index < -0.39 is 47.4 Å². The Kier molecular flexibility index (Phi) is 13.1. The van der Waals surface area contributed by atoms with Crippen LogP contribution in [0.25, 0.3) is 0 Å². The fourth-order valence-corrected chi connectivity index (χ4v) is 3.17. The first-order valence-electron chi connectivity index (χ1n) is 9.92. The number of Topliss-reactive ketones (excluding diaryl/α,β-unsaturated/α-hetero) is 3. The van der Waals surface area contributed by atoms with Crippen molar-refractivity contribution in [2.24, 2.45) is 11.8 Å². The zero-order valence-electron chi connectivity index (χ0n) is 17.4. The molecule has 0 rings (SSSR count). The smallest absolute Gasteiger partial charge is 0.303 e. The second-order valence-electron chi connectivity index (χ2n) is 7.19. The van der Waals surface area contributed by atoms with Crippen molar-refractivity contribution in [3.05, 3.63) is 0 Å². The molecule has 0 saturated carbocycles. The van der Waals surface area contributed by atoms with E-state index in [9.17, 15) is 28.8 Å². The Bertz CT molecular complexity index is 644. The van der Waals surface area contributed by atoms with Crippen molar-refractivity contribution < 1.29 is 44.1 Å². The van der Waals surface area contributed by atoms with Gasteiger partial charge in [-0.3, -0.25) is 28.8 Å². The van der Waals surface area contributed by atoms with E-state index in [1.165, 1.54) is 7.05 Å². The van der Waals surface area contributed by atoms with Crippen LogP contribution < -0.4 is 5.32 Å². The first kappa shape index (κ1) is 27.4. The van der Waals surface area contributed by atoms with Gasteiger partial charge >= 0.3 is 17.9 Å². The third-order valence-corrected chi connectivity index (χ3v) is 4.95. The van der Waals surface area contributed by atoms with Crippen LogP contribution in [0.15, 0.2) is 0 Å². The van der Waals surface area contributed by atoms with Gasteiger partial charge in [-0.1, -0.05) is 6.92 Å². The van der Waals surface area contributed by atoms with Crippen LogP contribution in [0, 0.1) is 11.8 Å². The number of hydrogen-bond acceptors (Lipinski definition) is 7. The molecule has 0 aliphatic heterocycles. The molecular weight excluding hydrogens is 398 g/mol. The maximum Gasteiger partial charge on any atom is 0.303 e. The summed E-state index contributed by atoms with van der Waals surface area (Å²) >= 11 is 0. The first-order valence-corrected chi connectivity index (χ1v) is 9.92. The second kappa shape index (κ2) is 14.4. The van der Waals surface area contributed by atoms with Crippen molar-refractivity contribution in [1.29, 1.82) is 0 Å². The Hall–Kier alpha value is -2.62. The van der Waals surface area contributed by atoms with Gasteiger partial charge in [-0.05, 0) is 26.3 Å². The second-order valence-corrected chi connectivity index (χ2v) is 7.19. The van der Waals surface area contributed by atoms with Crippen LogP contribution in [0.2, 0.25) is 0 Å². The lowest BCUT2D eigenvalue weighted by molar-refractivity contribution is -0.140.